The third-order valence-electron chi connectivity index (χ3n) is 3.07. The van der Waals surface area contributed by atoms with Crippen molar-refractivity contribution in [3.05, 3.63) is 16.7 Å². The van der Waals surface area contributed by atoms with E-state index in [2.05, 4.69) is 44.8 Å². The first-order chi connectivity index (χ1) is 8.08. The molecule has 1 saturated heterocycles. The summed E-state index contributed by atoms with van der Waals surface area (Å²) in [6.07, 6.45) is 4.19. The summed E-state index contributed by atoms with van der Waals surface area (Å²) in [4.78, 5) is 9.06. The van der Waals surface area contributed by atoms with Gasteiger partial charge in [-0.1, -0.05) is 0 Å². The van der Waals surface area contributed by atoms with Crippen LogP contribution >= 0.6 is 15.9 Å². The van der Waals surface area contributed by atoms with E-state index in [4.69, 9.17) is 5.73 Å². The Morgan fingerprint density at radius 1 is 1.59 bits per heavy atom. The van der Waals surface area contributed by atoms with Crippen LogP contribution in [0.15, 0.2) is 16.7 Å². The molecule has 2 N–H and O–H groups in total. The van der Waals surface area contributed by atoms with Crippen LogP contribution in [0.4, 0.5) is 11.5 Å². The van der Waals surface area contributed by atoms with Crippen LogP contribution in [0.5, 0.6) is 0 Å². The molecule has 1 aromatic rings. The van der Waals surface area contributed by atoms with Gasteiger partial charge in [0.2, 0.25) is 0 Å². The second-order valence-electron chi connectivity index (χ2n) is 4.83. The molecule has 0 spiro atoms. The number of nitrogens with two attached hydrogens (primary N) is 1. The van der Waals surface area contributed by atoms with Gasteiger partial charge in [-0.25, -0.2) is 4.98 Å². The van der Waals surface area contributed by atoms with E-state index in [1.54, 1.807) is 6.20 Å². The van der Waals surface area contributed by atoms with Crippen LogP contribution in [0.3, 0.4) is 0 Å². The molecule has 0 bridgehead atoms. The molecule has 17 heavy (non-hydrogen) atoms. The molecule has 1 atom stereocenters. The average molecular weight is 299 g/mol. The Morgan fingerprint density at radius 3 is 3.00 bits per heavy atom. The molecule has 0 aromatic carbocycles. The predicted octanol–water partition coefficient (Wildman–Crippen LogP) is 1.96. The number of aromatic nitrogens is 1. The van der Waals surface area contributed by atoms with Gasteiger partial charge in [0.1, 0.15) is 5.82 Å². The topological polar surface area (TPSA) is 45.4 Å². The van der Waals surface area contributed by atoms with Gasteiger partial charge in [-0.15, -0.1) is 0 Å². The molecule has 4 nitrogen and oxygen atoms in total. The van der Waals surface area contributed by atoms with E-state index in [1.165, 1.54) is 12.8 Å². The molecular formula is C12H19BrN4. The predicted molar refractivity (Wildman–Crippen MR) is 75.3 cm³/mol. The Hall–Kier alpha value is -0.810. The summed E-state index contributed by atoms with van der Waals surface area (Å²) in [5.74, 6) is 1.02. The molecule has 1 unspecified atom stereocenters. The molecule has 94 valence electrons. The Bertz CT molecular complexity index is 394. The summed E-state index contributed by atoms with van der Waals surface area (Å²) in [6.45, 7) is 2.15. The van der Waals surface area contributed by atoms with Gasteiger partial charge in [0, 0.05) is 19.1 Å². The SMILES string of the molecule is CN(C)CC1CCCN1c1ncc(N)cc1Br. The van der Waals surface area contributed by atoms with Gasteiger partial charge in [-0.2, -0.15) is 0 Å². The molecule has 0 amide bonds. The monoisotopic (exact) mass is 298 g/mol. The lowest BCUT2D eigenvalue weighted by Crippen LogP contribution is -2.38. The maximum Gasteiger partial charge on any atom is 0.143 e. The van der Waals surface area contributed by atoms with Crippen molar-refractivity contribution < 1.29 is 0 Å². The van der Waals surface area contributed by atoms with Crippen LogP contribution in [-0.2, 0) is 0 Å². The first kappa shape index (κ1) is 12.6. The van der Waals surface area contributed by atoms with Crippen molar-refractivity contribution >= 4 is 27.4 Å². The number of hydrogen-bond donors (Lipinski definition) is 1. The summed E-state index contributed by atoms with van der Waals surface area (Å²) < 4.78 is 0.989. The highest BCUT2D eigenvalue weighted by Gasteiger charge is 2.27. The fraction of sp³-hybridized carbons (Fsp3) is 0.583. The molecule has 2 rings (SSSR count). The van der Waals surface area contributed by atoms with Gasteiger partial charge in [0.15, 0.2) is 0 Å². The standard InChI is InChI=1S/C12H19BrN4/c1-16(2)8-10-4-3-5-17(10)12-11(13)6-9(14)7-15-12/h6-7,10H,3-5,8,14H2,1-2H3. The number of nitrogens with zero attached hydrogens (tertiary/aromatic N) is 3. The Balaban J connectivity index is 2.20. The Labute approximate surface area is 111 Å². The number of likely N-dealkylation sites (N-methyl/N-ethyl adjacent to an activating group) is 1. The average Bonchev–Trinajstić information content (AvgIpc) is 2.65. The van der Waals surface area contributed by atoms with Crippen molar-refractivity contribution in [2.75, 3.05) is 37.8 Å². The van der Waals surface area contributed by atoms with Crippen LogP contribution in [-0.4, -0.2) is 43.1 Å². The highest BCUT2D eigenvalue weighted by atomic mass is 79.9. The van der Waals surface area contributed by atoms with Crippen LogP contribution in [0, 0.1) is 0 Å². The quantitative estimate of drug-likeness (QED) is 0.927. The minimum Gasteiger partial charge on any atom is -0.397 e. The molecule has 2 heterocycles. The maximum atomic E-state index is 5.72. The molecular weight excluding hydrogens is 280 g/mol. The number of nitrogen functional groups attached to an aromatic ring is 1. The molecule has 0 aliphatic carbocycles. The highest BCUT2D eigenvalue weighted by Crippen LogP contribution is 2.31. The molecule has 0 radical (unpaired) electrons. The Morgan fingerprint density at radius 2 is 2.35 bits per heavy atom. The lowest BCUT2D eigenvalue weighted by atomic mass is 10.2. The fourth-order valence-electron chi connectivity index (χ4n) is 2.38. The summed E-state index contributed by atoms with van der Waals surface area (Å²) in [6, 6.07) is 2.48. The largest absolute Gasteiger partial charge is 0.397 e. The van der Waals surface area contributed by atoms with E-state index in [1.807, 2.05) is 6.07 Å². The van der Waals surface area contributed by atoms with Crippen molar-refractivity contribution in [2.24, 2.45) is 0 Å². The first-order valence-electron chi connectivity index (χ1n) is 5.90. The number of halogens is 1. The highest BCUT2D eigenvalue weighted by molar-refractivity contribution is 9.10. The van der Waals surface area contributed by atoms with Gasteiger partial charge < -0.3 is 15.5 Å². The molecule has 1 fully saturated rings. The summed E-state index contributed by atoms with van der Waals surface area (Å²) >= 11 is 3.55. The van der Waals surface area contributed by atoms with Crippen molar-refractivity contribution in [2.45, 2.75) is 18.9 Å². The van der Waals surface area contributed by atoms with E-state index in [9.17, 15) is 0 Å². The number of pyridine rings is 1. The van der Waals surface area contributed by atoms with Crippen LogP contribution in [0.1, 0.15) is 12.8 Å². The molecule has 1 aliphatic heterocycles. The maximum absolute atomic E-state index is 5.72. The third kappa shape index (κ3) is 2.90. The third-order valence-corrected chi connectivity index (χ3v) is 3.65. The summed E-state index contributed by atoms with van der Waals surface area (Å²) in [5.41, 5.74) is 6.42. The zero-order valence-corrected chi connectivity index (χ0v) is 11.9. The lowest BCUT2D eigenvalue weighted by molar-refractivity contribution is 0.371. The number of rotatable bonds is 3. The van der Waals surface area contributed by atoms with Crippen molar-refractivity contribution in [1.82, 2.24) is 9.88 Å². The van der Waals surface area contributed by atoms with Gasteiger partial charge in [-0.3, -0.25) is 0 Å². The van der Waals surface area contributed by atoms with E-state index < -0.39 is 0 Å². The summed E-state index contributed by atoms with van der Waals surface area (Å²) in [5, 5.41) is 0. The lowest BCUT2D eigenvalue weighted by Gasteiger charge is -2.28. The van der Waals surface area contributed by atoms with Gasteiger partial charge in [-0.05, 0) is 48.9 Å². The zero-order valence-electron chi connectivity index (χ0n) is 10.4. The summed E-state index contributed by atoms with van der Waals surface area (Å²) in [7, 11) is 4.23. The van der Waals surface area contributed by atoms with Crippen molar-refractivity contribution in [1.29, 1.82) is 0 Å². The smallest absolute Gasteiger partial charge is 0.143 e. The van der Waals surface area contributed by atoms with Crippen LogP contribution in [0.25, 0.3) is 0 Å². The van der Waals surface area contributed by atoms with Gasteiger partial charge in [0.05, 0.1) is 16.4 Å². The first-order valence-corrected chi connectivity index (χ1v) is 6.69. The molecule has 5 heteroatoms. The Kier molecular flexibility index (Phi) is 3.89. The second kappa shape index (κ2) is 5.23. The second-order valence-corrected chi connectivity index (χ2v) is 5.68. The van der Waals surface area contributed by atoms with E-state index >= 15 is 0 Å². The fourth-order valence-corrected chi connectivity index (χ4v) is 2.98. The van der Waals surface area contributed by atoms with Crippen molar-refractivity contribution in [3.8, 4) is 0 Å². The minimum absolute atomic E-state index is 0.553. The van der Waals surface area contributed by atoms with E-state index in [0.717, 1.165) is 23.4 Å². The van der Waals surface area contributed by atoms with Crippen molar-refractivity contribution in [3.63, 3.8) is 0 Å². The molecule has 0 saturated carbocycles. The van der Waals surface area contributed by atoms with Crippen LogP contribution in [0.2, 0.25) is 0 Å². The molecule has 1 aromatic heterocycles. The van der Waals surface area contributed by atoms with Crippen LogP contribution < -0.4 is 10.6 Å². The van der Waals surface area contributed by atoms with Gasteiger partial charge in [0.25, 0.3) is 0 Å². The minimum atomic E-state index is 0.553. The normalized spacial score (nSPS) is 20.2. The van der Waals surface area contributed by atoms with E-state index in [0.29, 0.717) is 11.7 Å². The number of anilines is 2. The zero-order chi connectivity index (χ0) is 12.4. The molecule has 1 aliphatic rings. The van der Waals surface area contributed by atoms with Gasteiger partial charge >= 0.3 is 0 Å². The number of hydrogen-bond acceptors (Lipinski definition) is 4. The van der Waals surface area contributed by atoms with E-state index in [-0.39, 0.29) is 0 Å².